The molecule has 0 aliphatic carbocycles. The minimum Gasteiger partial charge on any atom is -0.508 e. The van der Waals surface area contributed by atoms with Crippen LogP contribution in [0, 0.1) is 0 Å². The average molecular weight is 408 g/mol. The highest BCUT2D eigenvalue weighted by Gasteiger charge is 2.19. The molecule has 0 fully saturated rings. The molecule has 5 nitrogen and oxygen atoms in total. The Balaban J connectivity index is 0.00000155. The zero-order valence-electron chi connectivity index (χ0n) is 17.6. The van der Waals surface area contributed by atoms with Gasteiger partial charge in [0.2, 0.25) is 0 Å². The van der Waals surface area contributed by atoms with Crippen molar-refractivity contribution in [3.05, 3.63) is 76.9 Å². The van der Waals surface area contributed by atoms with E-state index in [9.17, 15) is 20.4 Å². The molecule has 30 heavy (non-hydrogen) atoms. The van der Waals surface area contributed by atoms with Crippen LogP contribution in [0.25, 0.3) is 12.2 Å². The van der Waals surface area contributed by atoms with E-state index in [4.69, 9.17) is 4.74 Å². The predicted octanol–water partition coefficient (Wildman–Crippen LogP) is 5.87. The number of phenols is 4. The third-order valence-electron chi connectivity index (χ3n) is 4.66. The van der Waals surface area contributed by atoms with Crippen molar-refractivity contribution in [1.82, 2.24) is 0 Å². The number of hydrogen-bond acceptors (Lipinski definition) is 5. The number of methoxy groups -OCH3 is 1. The molecule has 0 aliphatic rings. The van der Waals surface area contributed by atoms with Gasteiger partial charge >= 0.3 is 0 Å². The van der Waals surface area contributed by atoms with Crippen molar-refractivity contribution in [1.29, 1.82) is 0 Å². The van der Waals surface area contributed by atoms with E-state index in [-0.39, 0.29) is 28.9 Å². The molecule has 0 bridgehead atoms. The molecule has 0 radical (unpaired) electrons. The second-order valence-electron chi connectivity index (χ2n) is 6.55. The van der Waals surface area contributed by atoms with Gasteiger partial charge in [-0.1, -0.05) is 51.1 Å². The Hall–Kier alpha value is -3.60. The first-order chi connectivity index (χ1) is 14.4. The predicted molar refractivity (Wildman–Crippen MR) is 120 cm³/mol. The molecule has 4 N–H and O–H groups in total. The van der Waals surface area contributed by atoms with Crippen LogP contribution >= 0.6 is 0 Å². The van der Waals surface area contributed by atoms with E-state index in [1.54, 1.807) is 54.6 Å². The van der Waals surface area contributed by atoms with E-state index >= 15 is 0 Å². The van der Waals surface area contributed by atoms with E-state index < -0.39 is 0 Å². The van der Waals surface area contributed by atoms with Crippen LogP contribution < -0.4 is 4.74 Å². The molecule has 3 aromatic rings. The topological polar surface area (TPSA) is 90.2 Å². The SMILES string of the molecule is CC.COc1cc(C(C)c2c(O)cc(/C=C/c3ccc(O)cc3)cc2O)ccc1O. The molecule has 3 rings (SSSR count). The molecule has 0 spiro atoms. The van der Waals surface area contributed by atoms with E-state index in [1.165, 1.54) is 13.2 Å². The van der Waals surface area contributed by atoms with Gasteiger partial charge in [0, 0.05) is 11.5 Å². The largest absolute Gasteiger partial charge is 0.508 e. The highest BCUT2D eigenvalue weighted by atomic mass is 16.5. The number of phenolic OH excluding ortho intramolecular Hbond substituents is 4. The zero-order chi connectivity index (χ0) is 22.3. The first-order valence-electron chi connectivity index (χ1n) is 9.79. The maximum Gasteiger partial charge on any atom is 0.160 e. The lowest BCUT2D eigenvalue weighted by atomic mass is 9.90. The molecule has 3 aromatic carbocycles. The van der Waals surface area contributed by atoms with Crippen LogP contribution in [0.1, 0.15) is 48.9 Å². The van der Waals surface area contributed by atoms with Gasteiger partial charge in [0.15, 0.2) is 11.5 Å². The number of rotatable bonds is 5. The molecule has 158 valence electrons. The summed E-state index contributed by atoms with van der Waals surface area (Å²) in [6.07, 6.45) is 3.59. The quantitative estimate of drug-likeness (QED) is 0.397. The van der Waals surface area contributed by atoms with Gasteiger partial charge in [0.05, 0.1) is 7.11 Å². The second-order valence-corrected chi connectivity index (χ2v) is 6.55. The van der Waals surface area contributed by atoms with E-state index in [2.05, 4.69) is 0 Å². The summed E-state index contributed by atoms with van der Waals surface area (Å²) in [7, 11) is 1.47. The maximum atomic E-state index is 10.5. The third kappa shape index (κ3) is 5.26. The molecule has 0 aromatic heterocycles. The molecule has 1 unspecified atom stereocenters. The number of aromatic hydroxyl groups is 4. The summed E-state index contributed by atoms with van der Waals surface area (Å²) in [6, 6.07) is 14.8. The molecule has 0 amide bonds. The molecular weight excluding hydrogens is 380 g/mol. The standard InChI is InChI=1S/C23H22O5.C2H6/c1-14(17-7-10-19(25)22(13-17)28-2)23-20(26)11-16(12-21(23)27)4-3-15-5-8-18(24)9-6-15;1-2/h3-14,24-27H,1-2H3;1-2H3/b4-3+;. The van der Waals surface area contributed by atoms with E-state index in [0.29, 0.717) is 16.9 Å². The number of ether oxygens (including phenoxy) is 1. The molecule has 0 heterocycles. The van der Waals surface area contributed by atoms with Crippen LogP contribution in [-0.4, -0.2) is 27.5 Å². The minimum absolute atomic E-state index is 0.0232. The van der Waals surface area contributed by atoms with Crippen molar-refractivity contribution in [3.63, 3.8) is 0 Å². The van der Waals surface area contributed by atoms with Gasteiger partial charge in [0.1, 0.15) is 17.2 Å². The molecule has 5 heteroatoms. The summed E-state index contributed by atoms with van der Waals surface area (Å²) >= 11 is 0. The summed E-state index contributed by atoms with van der Waals surface area (Å²) in [5.74, 6) is 0.189. The smallest absolute Gasteiger partial charge is 0.160 e. The first-order valence-corrected chi connectivity index (χ1v) is 9.79. The van der Waals surface area contributed by atoms with Crippen molar-refractivity contribution in [2.45, 2.75) is 26.7 Å². The van der Waals surface area contributed by atoms with Gasteiger partial charge in [-0.3, -0.25) is 0 Å². The Bertz CT molecular complexity index is 984. The fourth-order valence-electron chi connectivity index (χ4n) is 3.09. The maximum absolute atomic E-state index is 10.5. The number of hydrogen-bond donors (Lipinski definition) is 4. The third-order valence-corrected chi connectivity index (χ3v) is 4.66. The van der Waals surface area contributed by atoms with E-state index in [0.717, 1.165) is 11.1 Å². The molecule has 0 saturated heterocycles. The summed E-state index contributed by atoms with van der Waals surface area (Å²) in [4.78, 5) is 0. The van der Waals surface area contributed by atoms with Crippen molar-refractivity contribution < 1.29 is 25.2 Å². The fourth-order valence-corrected chi connectivity index (χ4v) is 3.09. The van der Waals surface area contributed by atoms with Gasteiger partial charge in [-0.25, -0.2) is 0 Å². The lowest BCUT2D eigenvalue weighted by Crippen LogP contribution is -1.99. The van der Waals surface area contributed by atoms with Gasteiger partial charge in [0.25, 0.3) is 0 Å². The Kier molecular flexibility index (Phi) is 7.76. The second kappa shape index (κ2) is 10.3. The lowest BCUT2D eigenvalue weighted by Gasteiger charge is -2.17. The summed E-state index contributed by atoms with van der Waals surface area (Å²) in [5, 5.41) is 40.1. The van der Waals surface area contributed by atoms with Crippen LogP contribution in [0.2, 0.25) is 0 Å². The Morgan fingerprint density at radius 1 is 0.733 bits per heavy atom. The highest BCUT2D eigenvalue weighted by Crippen LogP contribution is 2.40. The molecule has 0 aliphatic heterocycles. The highest BCUT2D eigenvalue weighted by molar-refractivity contribution is 5.72. The van der Waals surface area contributed by atoms with Crippen molar-refractivity contribution >= 4 is 12.2 Å². The monoisotopic (exact) mass is 408 g/mol. The van der Waals surface area contributed by atoms with Crippen LogP contribution in [0.4, 0.5) is 0 Å². The van der Waals surface area contributed by atoms with Crippen LogP contribution in [0.15, 0.2) is 54.6 Å². The Morgan fingerprint density at radius 3 is 1.87 bits per heavy atom. The normalized spacial score (nSPS) is 11.6. The average Bonchev–Trinajstić information content (AvgIpc) is 2.74. The molecule has 1 atom stereocenters. The lowest BCUT2D eigenvalue weighted by molar-refractivity contribution is 0.372. The van der Waals surface area contributed by atoms with Crippen LogP contribution in [0.5, 0.6) is 28.7 Å². The minimum atomic E-state index is -0.315. The van der Waals surface area contributed by atoms with Gasteiger partial charge in [-0.05, 0) is 53.1 Å². The van der Waals surface area contributed by atoms with Crippen LogP contribution in [-0.2, 0) is 0 Å². The van der Waals surface area contributed by atoms with Crippen molar-refractivity contribution in [2.75, 3.05) is 7.11 Å². The van der Waals surface area contributed by atoms with Crippen molar-refractivity contribution in [3.8, 4) is 28.7 Å². The van der Waals surface area contributed by atoms with Gasteiger partial charge in [-0.2, -0.15) is 0 Å². The Morgan fingerprint density at radius 2 is 1.30 bits per heavy atom. The molecular formula is C25H28O5. The van der Waals surface area contributed by atoms with Crippen molar-refractivity contribution in [2.24, 2.45) is 0 Å². The number of benzene rings is 3. The van der Waals surface area contributed by atoms with Gasteiger partial charge < -0.3 is 25.2 Å². The van der Waals surface area contributed by atoms with Crippen LogP contribution in [0.3, 0.4) is 0 Å². The van der Waals surface area contributed by atoms with E-state index in [1.807, 2.05) is 26.8 Å². The fraction of sp³-hybridized carbons (Fsp3) is 0.200. The molecule has 0 saturated carbocycles. The summed E-state index contributed by atoms with van der Waals surface area (Å²) < 4.78 is 5.13. The summed E-state index contributed by atoms with van der Waals surface area (Å²) in [6.45, 7) is 5.85. The van der Waals surface area contributed by atoms with Gasteiger partial charge in [-0.15, -0.1) is 0 Å². The summed E-state index contributed by atoms with van der Waals surface area (Å²) in [5.41, 5.74) is 2.70. The first kappa shape index (κ1) is 22.7. The Labute approximate surface area is 177 Å². The zero-order valence-corrected chi connectivity index (χ0v) is 17.6.